The molecule has 0 saturated carbocycles. The first-order valence-electron chi connectivity index (χ1n) is 19.6. The Bertz CT molecular complexity index is 2430. The van der Waals surface area contributed by atoms with Gasteiger partial charge >= 0.3 is 0 Å². The number of aryl methyl sites for hydroxylation is 1. The minimum atomic E-state index is -1.98. The fourth-order valence-electron chi connectivity index (χ4n) is 7.70. The normalized spacial score (nSPS) is 18.8. The first kappa shape index (κ1) is 38.3. The number of fused-ring (bicyclic) bond motifs is 1. The molecular formula is C45H44N8O5. The van der Waals surface area contributed by atoms with E-state index in [0.717, 1.165) is 28.1 Å². The molecule has 0 aliphatic carbocycles. The maximum atomic E-state index is 14.7. The fourth-order valence-corrected chi connectivity index (χ4v) is 7.70. The molecule has 3 amide bonds. The van der Waals surface area contributed by atoms with Gasteiger partial charge in [-0.1, -0.05) is 97.1 Å². The summed E-state index contributed by atoms with van der Waals surface area (Å²) >= 11 is 0. The predicted molar refractivity (Wildman–Crippen MR) is 221 cm³/mol. The lowest BCUT2D eigenvalue weighted by Gasteiger charge is -2.29. The molecule has 2 atom stereocenters. The fraction of sp³-hybridized carbons (Fsp3) is 0.267. The van der Waals surface area contributed by atoms with Crippen LogP contribution in [0.3, 0.4) is 0 Å². The molecule has 0 radical (unpaired) electrons. The third-order valence-corrected chi connectivity index (χ3v) is 10.8. The lowest BCUT2D eigenvalue weighted by atomic mass is 9.82. The van der Waals surface area contributed by atoms with Crippen LogP contribution in [0.4, 0.5) is 17.1 Å². The van der Waals surface area contributed by atoms with E-state index in [4.69, 9.17) is 10.2 Å². The van der Waals surface area contributed by atoms with E-state index in [9.17, 15) is 24.6 Å². The van der Waals surface area contributed by atoms with Gasteiger partial charge in [-0.15, -0.1) is 5.10 Å². The third kappa shape index (κ3) is 7.61. The monoisotopic (exact) mass is 776 g/mol. The van der Waals surface area contributed by atoms with Gasteiger partial charge < -0.3 is 15.1 Å². The number of aromatic nitrogens is 3. The van der Waals surface area contributed by atoms with E-state index < -0.39 is 17.4 Å². The van der Waals surface area contributed by atoms with Crippen molar-refractivity contribution in [3.63, 3.8) is 0 Å². The Labute approximate surface area is 336 Å². The molecular weight excluding hydrogens is 733 g/mol. The minimum Gasteiger partial charge on any atom is -0.396 e. The van der Waals surface area contributed by atoms with Gasteiger partial charge in [0.05, 0.1) is 40.7 Å². The minimum absolute atomic E-state index is 0.0108. The molecule has 3 aliphatic rings. The maximum absolute atomic E-state index is 14.7. The Hall–Kier alpha value is -6.57. The summed E-state index contributed by atoms with van der Waals surface area (Å²) in [6.07, 6.45) is 8.12. The highest BCUT2D eigenvalue weighted by Gasteiger charge is 2.53. The number of allylic oxidation sites excluding steroid dienone is 1. The lowest BCUT2D eigenvalue weighted by molar-refractivity contribution is -0.139. The number of amides is 3. The Kier molecular flexibility index (Phi) is 10.9. The van der Waals surface area contributed by atoms with Crippen molar-refractivity contribution in [3.05, 3.63) is 149 Å². The molecule has 0 bridgehead atoms. The van der Waals surface area contributed by atoms with Gasteiger partial charge in [-0.3, -0.25) is 19.1 Å². The molecule has 0 unspecified atom stereocenters. The molecule has 0 spiro atoms. The van der Waals surface area contributed by atoms with Crippen molar-refractivity contribution in [1.29, 1.82) is 0 Å². The molecule has 4 heterocycles. The second kappa shape index (κ2) is 16.5. The Morgan fingerprint density at radius 3 is 2.05 bits per heavy atom. The van der Waals surface area contributed by atoms with Gasteiger partial charge in [0.1, 0.15) is 0 Å². The lowest BCUT2D eigenvalue weighted by Crippen LogP contribution is -2.44. The van der Waals surface area contributed by atoms with Crippen molar-refractivity contribution in [3.8, 4) is 0 Å². The number of hydrogen-bond acceptors (Lipinski definition) is 9. The number of nitrogens with zero attached hydrogens (tertiary/aromatic N) is 8. The van der Waals surface area contributed by atoms with Crippen LogP contribution in [0.2, 0.25) is 0 Å². The van der Waals surface area contributed by atoms with E-state index in [-0.39, 0.29) is 31.4 Å². The SMILES string of the molecule is C[C@@H](/C=C/CCn1cc(CCO)nn1)[C@]1(O)C(=O)N(Cc2cccc(N3N=C(c4ccccc4)CCC3=O)c2)c2ccc(N3N=C(c4ccccc4)CCC3=O)cc21. The van der Waals surface area contributed by atoms with Crippen LogP contribution in [-0.2, 0) is 39.5 Å². The summed E-state index contributed by atoms with van der Waals surface area (Å²) in [6.45, 7) is 2.41. The maximum Gasteiger partial charge on any atom is 0.264 e. The van der Waals surface area contributed by atoms with E-state index in [0.29, 0.717) is 67.0 Å². The molecule has 2 N–H and O–H groups in total. The molecule has 0 fully saturated rings. The number of aliphatic hydroxyl groups is 2. The summed E-state index contributed by atoms with van der Waals surface area (Å²) in [5.41, 5.74) is 4.82. The van der Waals surface area contributed by atoms with Crippen molar-refractivity contribution >= 4 is 46.2 Å². The van der Waals surface area contributed by atoms with Crippen LogP contribution in [-0.4, -0.2) is 61.0 Å². The highest BCUT2D eigenvalue weighted by Crippen LogP contribution is 2.47. The number of hydrazone groups is 2. The summed E-state index contributed by atoms with van der Waals surface area (Å²) in [5.74, 6) is -1.50. The van der Waals surface area contributed by atoms with Gasteiger partial charge in [0, 0.05) is 62.9 Å². The highest BCUT2D eigenvalue weighted by atomic mass is 16.3. The summed E-state index contributed by atoms with van der Waals surface area (Å²) < 4.78 is 1.69. The largest absolute Gasteiger partial charge is 0.396 e. The number of carbonyl (C=O) groups excluding carboxylic acids is 3. The second-order valence-corrected chi connectivity index (χ2v) is 14.7. The summed E-state index contributed by atoms with van der Waals surface area (Å²) in [7, 11) is 0. The standard InChI is InChI=1S/C45H44N8O5/c1-31(11-8-9-25-50-30-35(24-26-54)46-49-50)45(58)38-28-37(53-43(56)23-20-40(48-53)34-15-6-3-7-16-34)18-21-41(38)51(44(45)57)29-32-12-10-17-36(27-32)52-42(55)22-19-39(47-52)33-13-4-2-5-14-33/h2-8,10-18,21,27-28,30-31,54,58H,9,19-20,22-26,29H2,1H3/b11-8+/t31-,45+/m0/s1. The van der Waals surface area contributed by atoms with Crippen LogP contribution in [0.5, 0.6) is 0 Å². The van der Waals surface area contributed by atoms with E-state index in [1.807, 2.05) is 97.1 Å². The quantitative estimate of drug-likeness (QED) is 0.141. The molecule has 4 aromatic carbocycles. The van der Waals surface area contributed by atoms with Gasteiger partial charge in [-0.05, 0) is 53.4 Å². The van der Waals surface area contributed by atoms with Crippen molar-refractivity contribution in [2.45, 2.75) is 64.1 Å². The first-order chi connectivity index (χ1) is 28.2. The van der Waals surface area contributed by atoms with Crippen molar-refractivity contribution < 1.29 is 24.6 Å². The number of anilines is 3. The van der Waals surface area contributed by atoms with Gasteiger partial charge in [0.2, 0.25) is 11.8 Å². The molecule has 13 heteroatoms. The zero-order valence-corrected chi connectivity index (χ0v) is 32.2. The van der Waals surface area contributed by atoms with E-state index in [2.05, 4.69) is 10.3 Å². The van der Waals surface area contributed by atoms with Crippen LogP contribution >= 0.6 is 0 Å². The zero-order valence-electron chi connectivity index (χ0n) is 32.2. The molecule has 3 aliphatic heterocycles. The second-order valence-electron chi connectivity index (χ2n) is 14.7. The highest BCUT2D eigenvalue weighted by molar-refractivity contribution is 6.11. The number of rotatable bonds is 13. The van der Waals surface area contributed by atoms with E-state index in [1.54, 1.807) is 40.9 Å². The number of aliphatic hydroxyl groups excluding tert-OH is 1. The van der Waals surface area contributed by atoms with Crippen LogP contribution < -0.4 is 14.9 Å². The molecule has 13 nitrogen and oxygen atoms in total. The summed E-state index contributed by atoms with van der Waals surface area (Å²) in [6, 6.07) is 32.1. The molecule has 0 saturated heterocycles. The first-order valence-corrected chi connectivity index (χ1v) is 19.6. The Balaban J connectivity index is 1.11. The van der Waals surface area contributed by atoms with Gasteiger partial charge in [-0.25, -0.2) is 10.0 Å². The molecule has 5 aromatic rings. The average molecular weight is 777 g/mol. The predicted octanol–water partition coefficient (Wildman–Crippen LogP) is 5.89. The van der Waals surface area contributed by atoms with Crippen LogP contribution in [0, 0.1) is 5.92 Å². The Morgan fingerprint density at radius 1 is 0.776 bits per heavy atom. The van der Waals surface area contributed by atoms with Gasteiger partial charge in [0.25, 0.3) is 5.91 Å². The van der Waals surface area contributed by atoms with Crippen LogP contribution in [0.25, 0.3) is 0 Å². The molecule has 58 heavy (non-hydrogen) atoms. The molecule has 1 aromatic heterocycles. The van der Waals surface area contributed by atoms with E-state index in [1.165, 1.54) is 10.0 Å². The third-order valence-electron chi connectivity index (χ3n) is 10.8. The number of benzene rings is 4. The van der Waals surface area contributed by atoms with Crippen molar-refractivity contribution in [2.24, 2.45) is 16.1 Å². The molecule has 294 valence electrons. The van der Waals surface area contributed by atoms with Crippen LogP contribution in [0.15, 0.2) is 132 Å². The van der Waals surface area contributed by atoms with Gasteiger partial charge in [0.15, 0.2) is 5.60 Å². The van der Waals surface area contributed by atoms with E-state index >= 15 is 0 Å². The van der Waals surface area contributed by atoms with Crippen molar-refractivity contribution in [1.82, 2.24) is 15.0 Å². The van der Waals surface area contributed by atoms with Crippen molar-refractivity contribution in [2.75, 3.05) is 21.5 Å². The van der Waals surface area contributed by atoms with Gasteiger partial charge in [-0.2, -0.15) is 10.2 Å². The Morgan fingerprint density at radius 2 is 1.41 bits per heavy atom. The average Bonchev–Trinajstić information content (AvgIpc) is 3.79. The number of hydrogen-bond donors (Lipinski definition) is 2. The zero-order chi connectivity index (χ0) is 40.2. The summed E-state index contributed by atoms with van der Waals surface area (Å²) in [5, 5.41) is 42.3. The number of carbonyl (C=O) groups is 3. The summed E-state index contributed by atoms with van der Waals surface area (Å²) in [4.78, 5) is 42.8. The van der Waals surface area contributed by atoms with Crippen LogP contribution in [0.1, 0.15) is 67.0 Å². The smallest absolute Gasteiger partial charge is 0.264 e. The molecule has 8 rings (SSSR count). The topological polar surface area (TPSA) is 157 Å².